The van der Waals surface area contributed by atoms with Crippen LogP contribution in [0.2, 0.25) is 5.02 Å². The molecule has 0 spiro atoms. The van der Waals surface area contributed by atoms with Gasteiger partial charge in [-0.05, 0) is 65.1 Å². The Morgan fingerprint density at radius 2 is 2.16 bits per heavy atom. The number of carbonyl (C=O) groups is 1. The van der Waals surface area contributed by atoms with Crippen LogP contribution in [0.15, 0.2) is 16.6 Å². The van der Waals surface area contributed by atoms with Crippen LogP contribution < -0.4 is 0 Å². The van der Waals surface area contributed by atoms with Crippen LogP contribution in [-0.4, -0.2) is 5.78 Å². The minimum Gasteiger partial charge on any atom is -0.294 e. The molecule has 0 aliphatic heterocycles. The number of hydrogen-bond donors (Lipinski definition) is 0. The number of benzene rings is 1. The molecule has 102 valence electrons. The summed E-state index contributed by atoms with van der Waals surface area (Å²) < 4.78 is 14.5. The van der Waals surface area contributed by atoms with Gasteiger partial charge in [-0.25, -0.2) is 4.39 Å². The zero-order valence-electron chi connectivity index (χ0n) is 10.5. The molecule has 0 heterocycles. The predicted octanol–water partition coefficient (Wildman–Crippen LogP) is 5.25. The van der Waals surface area contributed by atoms with Crippen molar-refractivity contribution in [3.05, 3.63) is 33.0 Å². The van der Waals surface area contributed by atoms with E-state index >= 15 is 0 Å². The highest BCUT2D eigenvalue weighted by molar-refractivity contribution is 9.10. The lowest BCUT2D eigenvalue weighted by molar-refractivity contribution is 0.0940. The molecule has 3 atom stereocenters. The smallest absolute Gasteiger partial charge is 0.166 e. The molecule has 3 rings (SSSR count). The summed E-state index contributed by atoms with van der Waals surface area (Å²) in [4.78, 5) is 12.2. The first kappa shape index (κ1) is 13.6. The van der Waals surface area contributed by atoms with Crippen LogP contribution >= 0.6 is 27.5 Å². The van der Waals surface area contributed by atoms with Crippen LogP contribution in [0, 0.1) is 23.6 Å². The number of rotatable bonds is 3. The zero-order valence-corrected chi connectivity index (χ0v) is 12.8. The van der Waals surface area contributed by atoms with Crippen LogP contribution in [0.3, 0.4) is 0 Å². The molecule has 0 radical (unpaired) electrons. The summed E-state index contributed by atoms with van der Waals surface area (Å²) in [6.07, 6.45) is 5.43. The van der Waals surface area contributed by atoms with Crippen molar-refractivity contribution in [3.8, 4) is 0 Å². The van der Waals surface area contributed by atoms with Gasteiger partial charge in [0.1, 0.15) is 0 Å². The predicted molar refractivity (Wildman–Crippen MR) is 77.0 cm³/mol. The minimum absolute atomic E-state index is 0.00112. The fraction of sp³-hybridized carbons (Fsp3) is 0.533. The first-order valence-corrected chi connectivity index (χ1v) is 7.90. The Labute approximate surface area is 125 Å². The highest BCUT2D eigenvalue weighted by atomic mass is 79.9. The topological polar surface area (TPSA) is 17.1 Å². The minimum atomic E-state index is -0.593. The zero-order chi connectivity index (χ0) is 13.6. The summed E-state index contributed by atoms with van der Waals surface area (Å²) in [6, 6.07) is 3.17. The molecule has 4 heteroatoms. The highest BCUT2D eigenvalue weighted by Crippen LogP contribution is 2.49. The summed E-state index contributed by atoms with van der Waals surface area (Å²) in [6.45, 7) is 0. The molecule has 19 heavy (non-hydrogen) atoms. The van der Waals surface area contributed by atoms with Crippen molar-refractivity contribution in [1.29, 1.82) is 0 Å². The normalized spacial score (nSPS) is 28.9. The Balaban J connectivity index is 1.76. The third kappa shape index (κ3) is 2.47. The fourth-order valence-electron chi connectivity index (χ4n) is 3.72. The molecular formula is C15H15BrClFO. The molecule has 2 fully saturated rings. The van der Waals surface area contributed by atoms with E-state index in [1.807, 2.05) is 0 Å². The Hall–Kier alpha value is -0.410. The van der Waals surface area contributed by atoms with Crippen molar-refractivity contribution in [2.24, 2.45) is 17.8 Å². The van der Waals surface area contributed by atoms with Crippen molar-refractivity contribution in [2.45, 2.75) is 32.1 Å². The monoisotopic (exact) mass is 344 g/mol. The van der Waals surface area contributed by atoms with Crippen LogP contribution in [0.4, 0.5) is 4.39 Å². The van der Waals surface area contributed by atoms with Crippen LogP contribution in [0.1, 0.15) is 42.5 Å². The maximum Gasteiger partial charge on any atom is 0.166 e. The molecule has 0 amide bonds. The largest absolute Gasteiger partial charge is 0.294 e. The molecule has 3 unspecified atom stereocenters. The SMILES string of the molecule is O=C(CC1CC2CCC1C2)c1ccc(Br)c(Cl)c1F. The van der Waals surface area contributed by atoms with E-state index in [-0.39, 0.29) is 16.4 Å². The van der Waals surface area contributed by atoms with E-state index < -0.39 is 5.82 Å². The second-order valence-electron chi connectivity index (χ2n) is 5.79. The second-order valence-corrected chi connectivity index (χ2v) is 7.02. The van der Waals surface area contributed by atoms with E-state index in [1.165, 1.54) is 25.3 Å². The highest BCUT2D eigenvalue weighted by Gasteiger charge is 2.40. The second kappa shape index (κ2) is 5.17. The van der Waals surface area contributed by atoms with Crippen molar-refractivity contribution in [1.82, 2.24) is 0 Å². The summed E-state index contributed by atoms with van der Waals surface area (Å²) in [5.74, 6) is 1.24. The van der Waals surface area contributed by atoms with Gasteiger partial charge in [-0.2, -0.15) is 0 Å². The maximum atomic E-state index is 14.0. The standard InChI is InChI=1S/C15H15BrClFO/c16-12-4-3-11(15(18)14(12)17)13(19)7-10-6-8-1-2-9(10)5-8/h3-4,8-10H,1-2,5-7H2. The first-order valence-electron chi connectivity index (χ1n) is 6.73. The molecule has 1 aromatic rings. The number of carbonyl (C=O) groups excluding carboxylic acids is 1. The van der Waals surface area contributed by atoms with Crippen molar-refractivity contribution in [3.63, 3.8) is 0 Å². The third-order valence-electron chi connectivity index (χ3n) is 4.67. The van der Waals surface area contributed by atoms with E-state index in [9.17, 15) is 9.18 Å². The van der Waals surface area contributed by atoms with Crippen LogP contribution in [0.25, 0.3) is 0 Å². The maximum absolute atomic E-state index is 14.0. The number of fused-ring (bicyclic) bond motifs is 2. The molecule has 1 aromatic carbocycles. The Bertz CT molecular complexity index is 531. The molecule has 0 N–H and O–H groups in total. The number of halogens is 3. The molecule has 2 aliphatic carbocycles. The molecular weight excluding hydrogens is 331 g/mol. The van der Waals surface area contributed by atoms with Gasteiger partial charge in [-0.3, -0.25) is 4.79 Å². The molecule has 0 saturated heterocycles. The lowest BCUT2D eigenvalue weighted by atomic mass is 9.84. The molecule has 2 saturated carbocycles. The summed E-state index contributed by atoms with van der Waals surface area (Å²) >= 11 is 8.99. The Morgan fingerprint density at radius 3 is 2.79 bits per heavy atom. The lowest BCUT2D eigenvalue weighted by Gasteiger charge is -2.20. The van der Waals surface area contributed by atoms with Gasteiger partial charge in [0.15, 0.2) is 11.6 Å². The molecule has 2 bridgehead atoms. The van der Waals surface area contributed by atoms with E-state index in [0.717, 1.165) is 12.3 Å². The van der Waals surface area contributed by atoms with E-state index in [4.69, 9.17) is 11.6 Å². The number of ketones is 1. The molecule has 2 aliphatic rings. The van der Waals surface area contributed by atoms with E-state index in [2.05, 4.69) is 15.9 Å². The average Bonchev–Trinajstić information content (AvgIpc) is 2.98. The fourth-order valence-corrected chi connectivity index (χ4v) is 4.19. The van der Waals surface area contributed by atoms with Crippen molar-refractivity contribution < 1.29 is 9.18 Å². The number of Topliss-reactive ketones (excluding diaryl/α,β-unsaturated/α-hetero) is 1. The summed E-state index contributed by atoms with van der Waals surface area (Å²) in [7, 11) is 0. The summed E-state index contributed by atoms with van der Waals surface area (Å²) in [5.41, 5.74) is 0.135. The molecule has 1 nitrogen and oxygen atoms in total. The number of hydrogen-bond acceptors (Lipinski definition) is 1. The van der Waals surface area contributed by atoms with E-state index in [0.29, 0.717) is 22.7 Å². The van der Waals surface area contributed by atoms with Crippen molar-refractivity contribution >= 4 is 33.3 Å². The van der Waals surface area contributed by atoms with Gasteiger partial charge in [-0.15, -0.1) is 0 Å². The quantitative estimate of drug-likeness (QED) is 0.540. The van der Waals surface area contributed by atoms with E-state index in [1.54, 1.807) is 6.07 Å². The lowest BCUT2D eigenvalue weighted by Crippen LogP contribution is -2.16. The van der Waals surface area contributed by atoms with Gasteiger partial charge in [0.2, 0.25) is 0 Å². The first-order chi connectivity index (χ1) is 9.06. The van der Waals surface area contributed by atoms with Crippen LogP contribution in [0.5, 0.6) is 0 Å². The van der Waals surface area contributed by atoms with Crippen molar-refractivity contribution in [2.75, 3.05) is 0 Å². The van der Waals surface area contributed by atoms with Gasteiger partial charge in [0, 0.05) is 10.9 Å². The molecule has 0 aromatic heterocycles. The summed E-state index contributed by atoms with van der Waals surface area (Å²) in [5, 5.41) is -0.00112. The Morgan fingerprint density at radius 1 is 1.37 bits per heavy atom. The average molecular weight is 346 g/mol. The van der Waals surface area contributed by atoms with Crippen LogP contribution in [-0.2, 0) is 0 Å². The van der Waals surface area contributed by atoms with Gasteiger partial charge < -0.3 is 0 Å². The van der Waals surface area contributed by atoms with Gasteiger partial charge in [0.05, 0.1) is 10.6 Å². The van der Waals surface area contributed by atoms with Gasteiger partial charge in [-0.1, -0.05) is 18.0 Å². The van der Waals surface area contributed by atoms with Gasteiger partial charge >= 0.3 is 0 Å². The third-order valence-corrected chi connectivity index (χ3v) is 5.93. The Kier molecular flexibility index (Phi) is 3.69. The van der Waals surface area contributed by atoms with Gasteiger partial charge in [0.25, 0.3) is 0 Å².